The van der Waals surface area contributed by atoms with Crippen LogP contribution in [-0.2, 0) is 19.5 Å². The quantitative estimate of drug-likeness (QED) is 0.238. The van der Waals surface area contributed by atoms with Gasteiger partial charge in [0.2, 0.25) is 0 Å². The molecule has 45 heavy (non-hydrogen) atoms. The Balaban J connectivity index is 1.91. The predicted molar refractivity (Wildman–Crippen MR) is 176 cm³/mol. The lowest BCUT2D eigenvalue weighted by molar-refractivity contribution is 0.0303. The van der Waals surface area contributed by atoms with Crippen LogP contribution < -0.4 is 14.5 Å². The first-order chi connectivity index (χ1) is 20.7. The van der Waals surface area contributed by atoms with Crippen molar-refractivity contribution < 1.29 is 31.9 Å². The molecule has 0 saturated heterocycles. The molecule has 11 nitrogen and oxygen atoms in total. The number of carbonyl (C=O) groups is 2. The number of hydrogen-bond acceptors (Lipinski definition) is 10. The minimum Gasteiger partial charge on any atom is -0.444 e. The number of rotatable bonds is 9. The molecule has 0 spiro atoms. The summed E-state index contributed by atoms with van der Waals surface area (Å²) in [7, 11) is -1.45. The van der Waals surface area contributed by atoms with E-state index in [9.17, 15) is 18.0 Å². The lowest BCUT2D eigenvalue weighted by Gasteiger charge is -2.28. The fraction of sp³-hybridized carbons (Fsp3) is 0.414. The van der Waals surface area contributed by atoms with Crippen molar-refractivity contribution in [2.45, 2.75) is 57.6 Å². The molecule has 0 unspecified atom stereocenters. The Hall–Kier alpha value is -3.33. The van der Waals surface area contributed by atoms with Gasteiger partial charge in [-0.1, -0.05) is 23.2 Å². The van der Waals surface area contributed by atoms with Crippen LogP contribution in [0.15, 0.2) is 46.1 Å². The van der Waals surface area contributed by atoms with E-state index >= 15 is 4.39 Å². The second kappa shape index (κ2) is 14.0. The summed E-state index contributed by atoms with van der Waals surface area (Å²) in [6.07, 6.45) is -1.73. The first-order valence-corrected chi connectivity index (χ1v) is 16.7. The van der Waals surface area contributed by atoms with Gasteiger partial charge < -0.3 is 24.6 Å². The van der Waals surface area contributed by atoms with E-state index in [2.05, 4.69) is 10.3 Å². The summed E-state index contributed by atoms with van der Waals surface area (Å²) >= 11 is 13.8. The molecule has 2 aromatic carbocycles. The molecular weight excluding hydrogens is 668 g/mol. The maximum absolute atomic E-state index is 15.6. The predicted octanol–water partition coefficient (Wildman–Crippen LogP) is 7.77. The van der Waals surface area contributed by atoms with Crippen LogP contribution in [0.25, 0.3) is 0 Å². The Bertz CT molecular complexity index is 1640. The highest BCUT2D eigenvalue weighted by atomic mass is 35.5. The highest BCUT2D eigenvalue weighted by Gasteiger charge is 2.38. The van der Waals surface area contributed by atoms with E-state index in [-0.39, 0.29) is 16.5 Å². The number of carbonyl (C=O) groups excluding carboxylic acids is 2. The lowest BCUT2D eigenvalue weighted by Crippen LogP contribution is -2.41. The molecule has 0 atom stereocenters. The monoisotopic (exact) mass is 703 g/mol. The van der Waals surface area contributed by atoms with Crippen LogP contribution in [0.4, 0.5) is 36.9 Å². The first-order valence-electron chi connectivity index (χ1n) is 13.6. The van der Waals surface area contributed by atoms with Gasteiger partial charge in [-0.25, -0.2) is 27.4 Å². The third-order valence-corrected chi connectivity index (χ3v) is 8.65. The topological polar surface area (TPSA) is 121 Å². The number of thiazole rings is 1. The van der Waals surface area contributed by atoms with Crippen molar-refractivity contribution in [1.82, 2.24) is 9.88 Å². The fourth-order valence-electron chi connectivity index (χ4n) is 3.77. The molecule has 2 amide bonds. The number of halogens is 3. The van der Waals surface area contributed by atoms with Crippen LogP contribution in [0.3, 0.4) is 0 Å². The van der Waals surface area contributed by atoms with E-state index in [1.807, 2.05) is 4.90 Å². The van der Waals surface area contributed by atoms with Gasteiger partial charge in [-0.15, -0.1) is 15.6 Å². The maximum Gasteiger partial charge on any atom is 0.430 e. The van der Waals surface area contributed by atoms with Crippen LogP contribution in [0.5, 0.6) is 0 Å². The number of nitrogens with zero attached hydrogens (tertiary/aromatic N) is 4. The standard InChI is InChI=1S/C29H36Cl2FN5O6S2/c1-28(2,3)42-26(38)36(8)12-11-35(7)23-13-18(30)9-10-21(23)34-22-15-20(32)24(14-19(22)31)45(40,41)37(25-16-44-17-33-25)27(39)43-29(4,5)6/h9-10,13-17,34H,11-12H2,1-8H3. The van der Waals surface area contributed by atoms with E-state index in [1.54, 1.807) is 73.8 Å². The molecule has 3 aromatic rings. The lowest BCUT2D eigenvalue weighted by atomic mass is 10.2. The highest BCUT2D eigenvalue weighted by Crippen LogP contribution is 2.37. The number of sulfonamides is 1. The Morgan fingerprint density at radius 2 is 1.58 bits per heavy atom. The SMILES string of the molecule is CN(CCN(C)c1cc(Cl)ccc1Nc1cc(F)c(S(=O)(=O)N(C(=O)OC(C)(C)C)c2cscn2)cc1Cl)C(=O)OC(C)(C)C. The minimum absolute atomic E-state index is 0.0495. The zero-order valence-corrected chi connectivity index (χ0v) is 29.3. The number of hydrogen-bond donors (Lipinski definition) is 1. The molecule has 3 rings (SSSR count). The second-order valence-electron chi connectivity index (χ2n) is 12.0. The van der Waals surface area contributed by atoms with E-state index in [4.69, 9.17) is 32.7 Å². The third kappa shape index (κ3) is 9.58. The van der Waals surface area contributed by atoms with E-state index < -0.39 is 44.1 Å². The van der Waals surface area contributed by atoms with Gasteiger partial charge in [0.1, 0.15) is 21.9 Å². The van der Waals surface area contributed by atoms with Gasteiger partial charge in [0.25, 0.3) is 10.0 Å². The van der Waals surface area contributed by atoms with Crippen molar-refractivity contribution >= 4 is 79.6 Å². The zero-order chi connectivity index (χ0) is 33.9. The van der Waals surface area contributed by atoms with Crippen molar-refractivity contribution in [3.8, 4) is 0 Å². The van der Waals surface area contributed by atoms with Crippen LogP contribution in [-0.4, -0.2) is 68.9 Å². The van der Waals surface area contributed by atoms with Gasteiger partial charge >= 0.3 is 12.2 Å². The molecule has 246 valence electrons. The molecule has 0 bridgehead atoms. The molecular formula is C29H36Cl2FN5O6S2. The summed E-state index contributed by atoms with van der Waals surface area (Å²) in [6, 6.07) is 6.76. The van der Waals surface area contributed by atoms with Crippen molar-refractivity contribution in [2.24, 2.45) is 0 Å². The van der Waals surface area contributed by atoms with Crippen molar-refractivity contribution in [1.29, 1.82) is 0 Å². The Morgan fingerprint density at radius 3 is 2.16 bits per heavy atom. The highest BCUT2D eigenvalue weighted by molar-refractivity contribution is 7.93. The Labute approximate surface area is 276 Å². The average Bonchev–Trinajstić information content (AvgIpc) is 3.41. The molecule has 1 aromatic heterocycles. The average molecular weight is 705 g/mol. The maximum atomic E-state index is 15.6. The molecule has 0 aliphatic rings. The minimum atomic E-state index is -4.85. The normalized spacial score (nSPS) is 12.0. The van der Waals surface area contributed by atoms with Crippen molar-refractivity contribution in [3.05, 3.63) is 57.1 Å². The third-order valence-electron chi connectivity index (χ3n) is 5.84. The first kappa shape index (κ1) is 36.1. The molecule has 1 heterocycles. The number of amides is 2. The van der Waals surface area contributed by atoms with Crippen molar-refractivity contribution in [2.75, 3.05) is 41.7 Å². The van der Waals surface area contributed by atoms with Gasteiger partial charge in [0.05, 0.1) is 27.6 Å². The smallest absolute Gasteiger partial charge is 0.430 e. The van der Waals surface area contributed by atoms with Gasteiger partial charge in [-0.3, -0.25) is 0 Å². The molecule has 0 fully saturated rings. The number of anilines is 4. The molecule has 0 aliphatic heterocycles. The van der Waals surface area contributed by atoms with Crippen LogP contribution in [0.1, 0.15) is 41.5 Å². The van der Waals surface area contributed by atoms with E-state index in [0.29, 0.717) is 33.8 Å². The van der Waals surface area contributed by atoms with Crippen LogP contribution in [0, 0.1) is 5.82 Å². The summed E-state index contributed by atoms with van der Waals surface area (Å²) in [4.78, 5) is 31.7. The molecule has 16 heteroatoms. The number of benzene rings is 2. The number of nitrogens with one attached hydrogen (secondary N) is 1. The van der Waals surface area contributed by atoms with E-state index in [1.165, 1.54) is 15.8 Å². The summed E-state index contributed by atoms with van der Waals surface area (Å²) < 4.78 is 53.9. The van der Waals surface area contributed by atoms with Gasteiger partial charge in [-0.05, 0) is 65.8 Å². The van der Waals surface area contributed by atoms with Crippen LogP contribution >= 0.6 is 34.5 Å². The van der Waals surface area contributed by atoms with Crippen molar-refractivity contribution in [3.63, 3.8) is 0 Å². The summed E-state index contributed by atoms with van der Waals surface area (Å²) in [5.74, 6) is -1.42. The molecule has 0 radical (unpaired) electrons. The van der Waals surface area contributed by atoms with Crippen LogP contribution in [0.2, 0.25) is 10.0 Å². The summed E-state index contributed by atoms with van der Waals surface area (Å²) in [5.41, 5.74) is 0.756. The largest absolute Gasteiger partial charge is 0.444 e. The number of likely N-dealkylation sites (N-methyl/N-ethyl adjacent to an activating group) is 2. The van der Waals surface area contributed by atoms with Gasteiger partial charge in [0.15, 0.2) is 5.82 Å². The molecule has 0 saturated carbocycles. The zero-order valence-electron chi connectivity index (χ0n) is 26.1. The molecule has 0 aliphatic carbocycles. The van der Waals surface area contributed by atoms with E-state index in [0.717, 1.165) is 23.5 Å². The van der Waals surface area contributed by atoms with Gasteiger partial charge in [0, 0.05) is 43.7 Å². The second-order valence-corrected chi connectivity index (χ2v) is 15.3. The number of aromatic nitrogens is 1. The number of ether oxygens (including phenoxy) is 2. The Morgan fingerprint density at radius 1 is 0.956 bits per heavy atom. The summed E-state index contributed by atoms with van der Waals surface area (Å²) in [5, 5.41) is 4.63. The molecule has 1 N–H and O–H groups in total. The fourth-order valence-corrected chi connectivity index (χ4v) is 6.14. The Kier molecular flexibility index (Phi) is 11.2. The van der Waals surface area contributed by atoms with Gasteiger partial charge in [-0.2, -0.15) is 0 Å². The summed E-state index contributed by atoms with van der Waals surface area (Å²) in [6.45, 7) is 10.7.